The molecule has 0 saturated heterocycles. The van der Waals surface area contributed by atoms with Crippen molar-refractivity contribution in [3.8, 4) is 0 Å². The van der Waals surface area contributed by atoms with E-state index in [1.54, 1.807) is 14.1 Å². The van der Waals surface area contributed by atoms with Crippen LogP contribution in [-0.4, -0.2) is 39.2 Å². The first kappa shape index (κ1) is 12.9. The minimum atomic E-state index is -1.85. The molecule has 0 aliphatic heterocycles. The molecular formula is C9H17NO3Si. The van der Waals surface area contributed by atoms with Gasteiger partial charge in [0, 0.05) is 26.2 Å². The van der Waals surface area contributed by atoms with Crippen LogP contribution < -0.4 is 0 Å². The van der Waals surface area contributed by atoms with E-state index in [2.05, 4.69) is 0 Å². The summed E-state index contributed by atoms with van der Waals surface area (Å²) in [6.07, 6.45) is 2.38. The Hall–Kier alpha value is -1.10. The third-order valence-electron chi connectivity index (χ3n) is 1.21. The minimum absolute atomic E-state index is 0.225. The molecule has 0 N–H and O–H groups in total. The Bertz CT molecular complexity index is 253. The molecule has 0 fully saturated rings. The topological polar surface area (TPSA) is 46.6 Å². The van der Waals surface area contributed by atoms with Gasteiger partial charge < -0.3 is 9.33 Å². The lowest BCUT2D eigenvalue weighted by Gasteiger charge is -2.15. The number of likely N-dealkylation sites (N-methyl/N-ethyl adjacent to an activating group) is 1. The van der Waals surface area contributed by atoms with Gasteiger partial charge in [0.05, 0.1) is 0 Å². The summed E-state index contributed by atoms with van der Waals surface area (Å²) >= 11 is 0. The fourth-order valence-electron chi connectivity index (χ4n) is 0.624. The zero-order valence-electron chi connectivity index (χ0n) is 9.33. The highest BCUT2D eigenvalue weighted by atomic mass is 28.4. The van der Waals surface area contributed by atoms with Gasteiger partial charge in [-0.25, -0.2) is 4.79 Å². The third kappa shape index (κ3) is 6.42. The fraction of sp³-hybridized carbons (Fsp3) is 0.556. The first-order valence-electron chi connectivity index (χ1n) is 4.35. The average Bonchev–Trinajstić information content (AvgIpc) is 1.96. The van der Waals surface area contributed by atoms with Gasteiger partial charge in [-0.15, -0.1) is 0 Å². The highest BCUT2D eigenvalue weighted by Crippen LogP contribution is 2.03. The summed E-state index contributed by atoms with van der Waals surface area (Å²) in [5.41, 5.74) is 0. The summed E-state index contributed by atoms with van der Waals surface area (Å²) in [5.74, 6) is -0.670. The van der Waals surface area contributed by atoms with Gasteiger partial charge in [-0.2, -0.15) is 0 Å². The molecule has 0 aromatic heterocycles. The van der Waals surface area contributed by atoms with Gasteiger partial charge in [0.1, 0.15) is 0 Å². The largest absolute Gasteiger partial charge is 0.517 e. The van der Waals surface area contributed by atoms with Crippen LogP contribution in [0.25, 0.3) is 0 Å². The smallest absolute Gasteiger partial charge is 0.317 e. The predicted octanol–water partition coefficient (Wildman–Crippen LogP) is 1.01. The zero-order valence-corrected chi connectivity index (χ0v) is 10.3. The van der Waals surface area contributed by atoms with Crippen molar-refractivity contribution in [3.63, 3.8) is 0 Å². The van der Waals surface area contributed by atoms with Gasteiger partial charge in [0.15, 0.2) is 0 Å². The molecule has 0 aliphatic carbocycles. The van der Waals surface area contributed by atoms with Crippen LogP contribution >= 0.6 is 0 Å². The fourth-order valence-corrected chi connectivity index (χ4v) is 1.30. The van der Waals surface area contributed by atoms with E-state index in [1.807, 2.05) is 19.6 Å². The second kappa shape index (κ2) is 4.95. The Kier molecular flexibility index (Phi) is 4.56. The summed E-state index contributed by atoms with van der Waals surface area (Å²) < 4.78 is 5.11. The predicted molar refractivity (Wildman–Crippen MR) is 57.3 cm³/mol. The summed E-state index contributed by atoms with van der Waals surface area (Å²) in [4.78, 5) is 23.6. The second-order valence-corrected chi connectivity index (χ2v) is 8.53. The molecule has 0 saturated carbocycles. The van der Waals surface area contributed by atoms with E-state index >= 15 is 0 Å². The standard InChI is InChI=1S/C9H17NO3Si/c1-10(2)8(11)6-7-9(12)13-14(3,4)5/h6-7H,1-5H3/b7-6+. The van der Waals surface area contributed by atoms with Crippen molar-refractivity contribution < 1.29 is 14.0 Å². The Labute approximate surface area is 85.7 Å². The van der Waals surface area contributed by atoms with Crippen molar-refractivity contribution in [1.82, 2.24) is 4.90 Å². The van der Waals surface area contributed by atoms with Crippen LogP contribution in [0.15, 0.2) is 12.2 Å². The molecule has 1 amide bonds. The second-order valence-electron chi connectivity index (χ2n) is 4.10. The number of carbonyl (C=O) groups is 2. The van der Waals surface area contributed by atoms with Crippen LogP contribution in [0.5, 0.6) is 0 Å². The maximum atomic E-state index is 11.1. The Morgan fingerprint density at radius 2 is 1.64 bits per heavy atom. The summed E-state index contributed by atoms with van der Waals surface area (Å²) in [6, 6.07) is 0. The maximum Gasteiger partial charge on any atom is 0.317 e. The van der Waals surface area contributed by atoms with E-state index in [-0.39, 0.29) is 5.91 Å². The average molecular weight is 215 g/mol. The molecule has 0 unspecified atom stereocenters. The molecule has 14 heavy (non-hydrogen) atoms. The Morgan fingerprint density at radius 3 is 2.00 bits per heavy atom. The van der Waals surface area contributed by atoms with Gasteiger partial charge in [-0.1, -0.05) is 0 Å². The molecule has 0 atom stereocenters. The number of rotatable bonds is 3. The van der Waals surface area contributed by atoms with E-state index in [1.165, 1.54) is 17.1 Å². The third-order valence-corrected chi connectivity index (χ3v) is 2.02. The van der Waals surface area contributed by atoms with Crippen LogP contribution in [0.2, 0.25) is 19.6 Å². The number of carbonyl (C=O) groups excluding carboxylic acids is 2. The van der Waals surface area contributed by atoms with Crippen LogP contribution in [0, 0.1) is 0 Å². The highest BCUT2D eigenvalue weighted by Gasteiger charge is 2.18. The number of nitrogens with zero attached hydrogens (tertiary/aromatic N) is 1. The van der Waals surface area contributed by atoms with Crippen LogP contribution in [-0.2, 0) is 14.0 Å². The van der Waals surface area contributed by atoms with Crippen molar-refractivity contribution in [1.29, 1.82) is 0 Å². The molecule has 0 bridgehead atoms. The van der Waals surface area contributed by atoms with E-state index in [4.69, 9.17) is 4.43 Å². The van der Waals surface area contributed by atoms with Crippen LogP contribution in [0.3, 0.4) is 0 Å². The minimum Gasteiger partial charge on any atom is -0.517 e. The zero-order chi connectivity index (χ0) is 11.4. The summed E-state index contributed by atoms with van der Waals surface area (Å²) in [7, 11) is 1.40. The molecule has 0 heterocycles. The summed E-state index contributed by atoms with van der Waals surface area (Å²) in [6.45, 7) is 5.73. The Morgan fingerprint density at radius 1 is 1.14 bits per heavy atom. The van der Waals surface area contributed by atoms with E-state index < -0.39 is 14.3 Å². The van der Waals surface area contributed by atoms with Crippen molar-refractivity contribution in [3.05, 3.63) is 12.2 Å². The molecule has 0 aliphatic rings. The molecule has 0 spiro atoms. The van der Waals surface area contributed by atoms with Gasteiger partial charge in [-0.05, 0) is 19.6 Å². The SMILES string of the molecule is CN(C)C(=O)/C=C/C(=O)O[Si](C)(C)C. The van der Waals surface area contributed by atoms with Gasteiger partial charge in [-0.3, -0.25) is 4.79 Å². The number of amides is 1. The molecule has 80 valence electrons. The van der Waals surface area contributed by atoms with Gasteiger partial charge >= 0.3 is 5.97 Å². The van der Waals surface area contributed by atoms with Gasteiger partial charge in [0.25, 0.3) is 0 Å². The molecule has 5 heteroatoms. The van der Waals surface area contributed by atoms with E-state index in [9.17, 15) is 9.59 Å². The first-order chi connectivity index (χ1) is 6.22. The Balaban J connectivity index is 4.14. The number of hydrogen-bond donors (Lipinski definition) is 0. The molecule has 0 aromatic rings. The molecule has 0 rings (SSSR count). The lowest BCUT2D eigenvalue weighted by Crippen LogP contribution is -2.28. The highest BCUT2D eigenvalue weighted by molar-refractivity contribution is 6.71. The molecule has 4 nitrogen and oxygen atoms in total. The molecule has 0 radical (unpaired) electrons. The monoisotopic (exact) mass is 215 g/mol. The number of hydrogen-bond acceptors (Lipinski definition) is 3. The van der Waals surface area contributed by atoms with E-state index in [0.717, 1.165) is 0 Å². The van der Waals surface area contributed by atoms with Crippen molar-refractivity contribution >= 4 is 20.2 Å². The van der Waals surface area contributed by atoms with Crippen molar-refractivity contribution in [2.24, 2.45) is 0 Å². The molecule has 0 aromatic carbocycles. The van der Waals surface area contributed by atoms with Crippen molar-refractivity contribution in [2.45, 2.75) is 19.6 Å². The first-order valence-corrected chi connectivity index (χ1v) is 7.75. The van der Waals surface area contributed by atoms with Crippen LogP contribution in [0.1, 0.15) is 0 Å². The van der Waals surface area contributed by atoms with Gasteiger partial charge in [0.2, 0.25) is 14.2 Å². The summed E-state index contributed by atoms with van der Waals surface area (Å²) in [5, 5.41) is 0. The lowest BCUT2D eigenvalue weighted by molar-refractivity contribution is -0.130. The van der Waals surface area contributed by atoms with Crippen molar-refractivity contribution in [2.75, 3.05) is 14.1 Å². The van der Waals surface area contributed by atoms with Crippen LogP contribution in [0.4, 0.5) is 0 Å². The maximum absolute atomic E-state index is 11.1. The normalized spacial score (nSPS) is 11.5. The lowest BCUT2D eigenvalue weighted by atomic mass is 10.4. The quantitative estimate of drug-likeness (QED) is 0.521. The molecular weight excluding hydrogens is 198 g/mol. The van der Waals surface area contributed by atoms with E-state index in [0.29, 0.717) is 0 Å².